The van der Waals surface area contributed by atoms with E-state index in [9.17, 15) is 0 Å². The molecule has 0 spiro atoms. The standard InChI is InChI=1S/C13H20ClNO/c1-13(2,16-3)8-9-15-10-11-4-6-12(14)7-5-11/h4-7,15H,8-10H2,1-3H3. The lowest BCUT2D eigenvalue weighted by Gasteiger charge is -2.22. The van der Waals surface area contributed by atoms with Crippen molar-refractivity contribution in [1.82, 2.24) is 5.32 Å². The molecule has 0 aromatic heterocycles. The van der Waals surface area contributed by atoms with Crippen LogP contribution < -0.4 is 5.32 Å². The van der Waals surface area contributed by atoms with Crippen molar-refractivity contribution in [1.29, 1.82) is 0 Å². The van der Waals surface area contributed by atoms with Gasteiger partial charge in [-0.2, -0.15) is 0 Å². The monoisotopic (exact) mass is 241 g/mol. The minimum absolute atomic E-state index is 0.0486. The van der Waals surface area contributed by atoms with Crippen molar-refractivity contribution < 1.29 is 4.74 Å². The number of halogens is 1. The normalized spacial score (nSPS) is 11.8. The van der Waals surface area contributed by atoms with E-state index in [1.807, 2.05) is 24.3 Å². The lowest BCUT2D eigenvalue weighted by Crippen LogP contribution is -2.28. The van der Waals surface area contributed by atoms with Crippen LogP contribution in [0, 0.1) is 0 Å². The zero-order valence-electron chi connectivity index (χ0n) is 10.2. The van der Waals surface area contributed by atoms with Gasteiger partial charge in [0.25, 0.3) is 0 Å². The first-order valence-corrected chi connectivity index (χ1v) is 5.91. The van der Waals surface area contributed by atoms with Gasteiger partial charge in [0.15, 0.2) is 0 Å². The number of benzene rings is 1. The average Bonchev–Trinajstić information content (AvgIpc) is 2.27. The molecule has 16 heavy (non-hydrogen) atoms. The molecule has 0 aliphatic rings. The molecule has 0 atom stereocenters. The van der Waals surface area contributed by atoms with Crippen molar-refractivity contribution in [3.8, 4) is 0 Å². The molecule has 1 aromatic carbocycles. The highest BCUT2D eigenvalue weighted by Crippen LogP contribution is 2.12. The SMILES string of the molecule is COC(C)(C)CCNCc1ccc(Cl)cc1. The van der Waals surface area contributed by atoms with Gasteiger partial charge in [-0.05, 0) is 44.5 Å². The van der Waals surface area contributed by atoms with Gasteiger partial charge >= 0.3 is 0 Å². The molecule has 90 valence electrons. The molecule has 3 heteroatoms. The molecule has 1 rings (SSSR count). The summed E-state index contributed by atoms with van der Waals surface area (Å²) < 4.78 is 5.35. The van der Waals surface area contributed by atoms with E-state index in [0.29, 0.717) is 0 Å². The van der Waals surface area contributed by atoms with E-state index in [1.165, 1.54) is 5.56 Å². The predicted molar refractivity (Wildman–Crippen MR) is 68.9 cm³/mol. The molecule has 0 saturated carbocycles. The largest absolute Gasteiger partial charge is 0.379 e. The summed E-state index contributed by atoms with van der Waals surface area (Å²) in [6.07, 6.45) is 0.997. The zero-order valence-corrected chi connectivity index (χ0v) is 11.0. The van der Waals surface area contributed by atoms with Crippen LogP contribution in [-0.2, 0) is 11.3 Å². The fourth-order valence-corrected chi connectivity index (χ4v) is 1.45. The molecule has 0 heterocycles. The fraction of sp³-hybridized carbons (Fsp3) is 0.538. The van der Waals surface area contributed by atoms with E-state index in [0.717, 1.165) is 24.5 Å². The number of methoxy groups -OCH3 is 1. The summed E-state index contributed by atoms with van der Waals surface area (Å²) in [4.78, 5) is 0. The fourth-order valence-electron chi connectivity index (χ4n) is 1.33. The lowest BCUT2D eigenvalue weighted by molar-refractivity contribution is 0.0158. The first-order valence-electron chi connectivity index (χ1n) is 5.54. The van der Waals surface area contributed by atoms with E-state index < -0.39 is 0 Å². The maximum atomic E-state index is 5.81. The number of nitrogens with one attached hydrogen (secondary N) is 1. The number of hydrogen-bond donors (Lipinski definition) is 1. The highest BCUT2D eigenvalue weighted by molar-refractivity contribution is 6.30. The number of ether oxygens (including phenoxy) is 1. The molecule has 0 radical (unpaired) electrons. The molecule has 1 aromatic rings. The molecule has 0 unspecified atom stereocenters. The smallest absolute Gasteiger partial charge is 0.0634 e. The molecule has 0 aliphatic heterocycles. The third kappa shape index (κ3) is 4.97. The molecular formula is C13H20ClNO. The van der Waals surface area contributed by atoms with Gasteiger partial charge in [-0.3, -0.25) is 0 Å². The van der Waals surface area contributed by atoms with E-state index in [2.05, 4.69) is 19.2 Å². The first-order chi connectivity index (χ1) is 7.53. The number of hydrogen-bond acceptors (Lipinski definition) is 2. The van der Waals surface area contributed by atoms with E-state index in [-0.39, 0.29) is 5.60 Å². The Morgan fingerprint density at radius 1 is 1.25 bits per heavy atom. The van der Waals surface area contributed by atoms with Crippen molar-refractivity contribution >= 4 is 11.6 Å². The summed E-state index contributed by atoms with van der Waals surface area (Å²) >= 11 is 5.81. The summed E-state index contributed by atoms with van der Waals surface area (Å²) in [7, 11) is 1.75. The third-order valence-corrected chi connectivity index (χ3v) is 2.95. The second-order valence-corrected chi connectivity index (χ2v) is 4.95. The minimum atomic E-state index is -0.0486. The Morgan fingerprint density at radius 2 is 1.88 bits per heavy atom. The third-order valence-electron chi connectivity index (χ3n) is 2.70. The van der Waals surface area contributed by atoms with Crippen LogP contribution in [0.3, 0.4) is 0 Å². The van der Waals surface area contributed by atoms with Gasteiger partial charge in [-0.15, -0.1) is 0 Å². The maximum Gasteiger partial charge on any atom is 0.0634 e. The Morgan fingerprint density at radius 3 is 2.44 bits per heavy atom. The van der Waals surface area contributed by atoms with Crippen molar-refractivity contribution in [2.75, 3.05) is 13.7 Å². The van der Waals surface area contributed by atoms with Crippen LogP contribution >= 0.6 is 11.6 Å². The molecule has 0 amide bonds. The maximum absolute atomic E-state index is 5.81. The predicted octanol–water partition coefficient (Wildman–Crippen LogP) is 3.24. The molecular weight excluding hydrogens is 222 g/mol. The Balaban J connectivity index is 2.23. The van der Waals surface area contributed by atoms with Crippen LogP contribution in [0.15, 0.2) is 24.3 Å². The molecule has 0 bridgehead atoms. The second-order valence-electron chi connectivity index (χ2n) is 4.52. The van der Waals surface area contributed by atoms with Gasteiger partial charge in [0, 0.05) is 18.7 Å². The highest BCUT2D eigenvalue weighted by atomic mass is 35.5. The van der Waals surface area contributed by atoms with Gasteiger partial charge < -0.3 is 10.1 Å². The number of rotatable bonds is 6. The second kappa shape index (κ2) is 6.24. The molecule has 0 fully saturated rings. The lowest BCUT2D eigenvalue weighted by atomic mass is 10.1. The molecule has 1 N–H and O–H groups in total. The van der Waals surface area contributed by atoms with Gasteiger partial charge in [0.05, 0.1) is 5.60 Å². The summed E-state index contributed by atoms with van der Waals surface area (Å²) in [5.41, 5.74) is 1.20. The quantitative estimate of drug-likeness (QED) is 0.772. The summed E-state index contributed by atoms with van der Waals surface area (Å²) in [6.45, 7) is 6.01. The first kappa shape index (κ1) is 13.5. The van der Waals surface area contributed by atoms with Gasteiger partial charge in [0.2, 0.25) is 0 Å². The van der Waals surface area contributed by atoms with Gasteiger partial charge in [-0.25, -0.2) is 0 Å². The Labute approximate surface area is 103 Å². The van der Waals surface area contributed by atoms with Crippen molar-refractivity contribution in [3.05, 3.63) is 34.9 Å². The van der Waals surface area contributed by atoms with Crippen molar-refractivity contribution in [3.63, 3.8) is 0 Å². The highest BCUT2D eigenvalue weighted by Gasteiger charge is 2.14. The topological polar surface area (TPSA) is 21.3 Å². The van der Waals surface area contributed by atoms with Gasteiger partial charge in [0.1, 0.15) is 0 Å². The minimum Gasteiger partial charge on any atom is -0.379 e. The van der Waals surface area contributed by atoms with E-state index in [1.54, 1.807) is 7.11 Å². The van der Waals surface area contributed by atoms with Crippen LogP contribution in [0.1, 0.15) is 25.8 Å². The Hall–Kier alpha value is -0.570. The van der Waals surface area contributed by atoms with Crippen LogP contribution in [0.4, 0.5) is 0 Å². The van der Waals surface area contributed by atoms with E-state index in [4.69, 9.17) is 16.3 Å². The average molecular weight is 242 g/mol. The van der Waals surface area contributed by atoms with Crippen molar-refractivity contribution in [2.24, 2.45) is 0 Å². The van der Waals surface area contributed by atoms with E-state index >= 15 is 0 Å². The van der Waals surface area contributed by atoms with Crippen LogP contribution in [0.2, 0.25) is 5.02 Å². The molecule has 0 saturated heterocycles. The molecule has 0 aliphatic carbocycles. The van der Waals surface area contributed by atoms with Crippen LogP contribution in [0.25, 0.3) is 0 Å². The summed E-state index contributed by atoms with van der Waals surface area (Å²) in [5, 5.41) is 4.17. The van der Waals surface area contributed by atoms with Crippen molar-refractivity contribution in [2.45, 2.75) is 32.4 Å². The molecule has 2 nitrogen and oxygen atoms in total. The summed E-state index contributed by atoms with van der Waals surface area (Å²) in [5.74, 6) is 0. The zero-order chi connectivity index (χ0) is 12.0. The Kier molecular flexibility index (Phi) is 5.26. The van der Waals surface area contributed by atoms with Crippen LogP contribution in [-0.4, -0.2) is 19.3 Å². The van der Waals surface area contributed by atoms with Crippen LogP contribution in [0.5, 0.6) is 0 Å². The van der Waals surface area contributed by atoms with Gasteiger partial charge in [-0.1, -0.05) is 23.7 Å². The summed E-state index contributed by atoms with van der Waals surface area (Å²) in [6, 6.07) is 7.91. The Bertz CT molecular complexity index is 308.